The fraction of sp³-hybridized carbons (Fsp3) is 0.750. The molecule has 0 aliphatic carbocycles. The summed E-state index contributed by atoms with van der Waals surface area (Å²) in [7, 11) is -4.07. The van der Waals surface area contributed by atoms with E-state index in [1.165, 1.54) is 4.57 Å². The number of hydrogen-bond acceptors (Lipinski definition) is 5. The molecule has 7 nitrogen and oxygen atoms in total. The van der Waals surface area contributed by atoms with Crippen LogP contribution < -0.4 is 11.2 Å². The first-order valence-corrected chi connectivity index (χ1v) is 18.9. The summed E-state index contributed by atoms with van der Waals surface area (Å²) in [6.45, 7) is 24.9. The van der Waals surface area contributed by atoms with Gasteiger partial charge in [0.15, 0.2) is 14.5 Å². The quantitative estimate of drug-likeness (QED) is 0.190. The molecule has 0 unspecified atom stereocenters. The molecular formula is C24H45BrN2O5Si2. The van der Waals surface area contributed by atoms with Gasteiger partial charge in [-0.25, -0.2) is 4.79 Å². The van der Waals surface area contributed by atoms with Crippen LogP contribution in [0.2, 0.25) is 36.3 Å². The molecule has 0 aliphatic heterocycles. The van der Waals surface area contributed by atoms with Crippen LogP contribution in [0.1, 0.15) is 66.7 Å². The van der Waals surface area contributed by atoms with Gasteiger partial charge in [-0.2, -0.15) is 0 Å². The Hall–Kier alpha value is -0.946. The van der Waals surface area contributed by atoms with E-state index in [0.29, 0.717) is 30.5 Å². The van der Waals surface area contributed by atoms with Gasteiger partial charge >= 0.3 is 5.69 Å². The maximum atomic E-state index is 12.6. The molecule has 34 heavy (non-hydrogen) atoms. The van der Waals surface area contributed by atoms with Crippen LogP contribution in [0.3, 0.4) is 0 Å². The topological polar surface area (TPSA) is 82.6 Å². The molecule has 0 radical (unpaired) electrons. The third-order valence-electron chi connectivity index (χ3n) is 6.94. The second-order valence-corrected chi connectivity index (χ2v) is 21.7. The summed E-state index contributed by atoms with van der Waals surface area (Å²) < 4.78 is 20.4. The summed E-state index contributed by atoms with van der Waals surface area (Å²) >= 11 is 3.31. The number of ether oxygens (including phenoxy) is 1. The van der Waals surface area contributed by atoms with Crippen LogP contribution in [0.15, 0.2) is 27.6 Å². The van der Waals surface area contributed by atoms with Crippen LogP contribution in [-0.4, -0.2) is 39.4 Å². The average Bonchev–Trinajstić information content (AvgIpc) is 2.65. The van der Waals surface area contributed by atoms with Gasteiger partial charge in [-0.3, -0.25) is 14.3 Å². The Bertz CT molecular complexity index is 956. The predicted octanol–water partition coefficient (Wildman–Crippen LogP) is 6.28. The first-order valence-electron chi connectivity index (χ1n) is 11.9. The lowest BCUT2D eigenvalue weighted by Gasteiger charge is -2.39. The normalized spacial score (nSPS) is 14.9. The Kier molecular flexibility index (Phi) is 10.8. The minimum absolute atomic E-state index is 0.00540. The van der Waals surface area contributed by atoms with E-state index >= 15 is 0 Å². The van der Waals surface area contributed by atoms with E-state index < -0.39 is 34.1 Å². The first-order chi connectivity index (χ1) is 15.4. The van der Waals surface area contributed by atoms with Crippen molar-refractivity contribution in [2.75, 3.05) is 13.2 Å². The Balaban J connectivity index is 3.42. The van der Waals surface area contributed by atoms with E-state index in [9.17, 15) is 9.59 Å². The Morgan fingerprint density at radius 3 is 2.12 bits per heavy atom. The van der Waals surface area contributed by atoms with Crippen LogP contribution in [0.5, 0.6) is 0 Å². The summed E-state index contributed by atoms with van der Waals surface area (Å²) in [5.41, 5.74) is -0.475. The molecule has 0 bridgehead atoms. The van der Waals surface area contributed by atoms with Gasteiger partial charge in [0, 0.05) is 42.8 Å². The standard InChI is InChI=1S/C24H45BrN2O5Si2/c1-12-30-20(27-17-18(16-25)21(28)26-22(27)29)15-19(32-34(10,11)24(5,6)7)13-14-31-33(8,9)23(2,3)4/h15,17,20H,12-14,16H2,1-11H3,(H,26,28,29)/b19-15+/t20-/m1/s1. The minimum Gasteiger partial charge on any atom is -0.547 e. The number of alkyl halides is 1. The fourth-order valence-corrected chi connectivity index (χ4v) is 5.20. The van der Waals surface area contributed by atoms with E-state index in [4.69, 9.17) is 13.6 Å². The SMILES string of the molecule is CCO[C@H](/C=C(\CCO[Si](C)(C)C(C)(C)C)O[Si](C)(C)C(C)(C)C)n1cc(CBr)c(=O)[nH]c1=O. The Morgan fingerprint density at radius 1 is 1.09 bits per heavy atom. The largest absolute Gasteiger partial charge is 0.547 e. The summed E-state index contributed by atoms with van der Waals surface area (Å²) in [6, 6.07) is 0. The average molecular weight is 578 g/mol. The minimum atomic E-state index is -2.15. The van der Waals surface area contributed by atoms with E-state index in [1.54, 1.807) is 6.20 Å². The molecule has 0 aromatic carbocycles. The molecule has 0 spiro atoms. The zero-order valence-corrected chi connectivity index (χ0v) is 26.5. The van der Waals surface area contributed by atoms with Gasteiger partial charge in [0.1, 0.15) is 0 Å². The summed E-state index contributed by atoms with van der Waals surface area (Å²) in [5, 5.41) is 0.449. The van der Waals surface area contributed by atoms with Crippen molar-refractivity contribution in [1.29, 1.82) is 0 Å². The number of nitrogens with one attached hydrogen (secondary N) is 1. The molecular weight excluding hydrogens is 532 g/mol. The first kappa shape index (κ1) is 31.1. The lowest BCUT2D eigenvalue weighted by Crippen LogP contribution is -2.42. The van der Waals surface area contributed by atoms with Crippen molar-refractivity contribution in [2.45, 2.75) is 103 Å². The third-order valence-corrected chi connectivity index (χ3v) is 16.5. The van der Waals surface area contributed by atoms with E-state index in [-0.39, 0.29) is 10.1 Å². The van der Waals surface area contributed by atoms with Gasteiger partial charge in [0.25, 0.3) is 5.56 Å². The van der Waals surface area contributed by atoms with Gasteiger partial charge in [-0.05, 0) is 43.2 Å². The highest BCUT2D eigenvalue weighted by Crippen LogP contribution is 2.39. The van der Waals surface area contributed by atoms with E-state index in [1.807, 2.05) is 13.0 Å². The number of rotatable bonds is 11. The van der Waals surface area contributed by atoms with Crippen LogP contribution in [0.4, 0.5) is 0 Å². The third kappa shape index (κ3) is 8.32. The van der Waals surface area contributed by atoms with Gasteiger partial charge in [0.2, 0.25) is 8.32 Å². The molecule has 0 saturated heterocycles. The molecule has 10 heteroatoms. The molecule has 0 aliphatic rings. The molecule has 1 aromatic heterocycles. The number of hydrogen-bond donors (Lipinski definition) is 1. The van der Waals surface area contributed by atoms with Crippen LogP contribution in [-0.2, 0) is 18.9 Å². The molecule has 1 N–H and O–H groups in total. The summed E-state index contributed by atoms with van der Waals surface area (Å²) in [4.78, 5) is 27.1. The van der Waals surface area contributed by atoms with E-state index in [2.05, 4.69) is 88.6 Å². The number of halogens is 1. The van der Waals surface area contributed by atoms with Crippen molar-refractivity contribution in [3.05, 3.63) is 44.4 Å². The monoisotopic (exact) mass is 576 g/mol. The van der Waals surface area contributed by atoms with E-state index in [0.717, 1.165) is 5.76 Å². The molecule has 196 valence electrons. The molecule has 1 rings (SSSR count). The van der Waals surface area contributed by atoms with Crippen LogP contribution in [0.25, 0.3) is 0 Å². The van der Waals surface area contributed by atoms with Crippen molar-refractivity contribution in [2.24, 2.45) is 0 Å². The number of nitrogens with zero attached hydrogens (tertiary/aromatic N) is 1. The maximum absolute atomic E-state index is 12.6. The molecule has 1 aromatic rings. The molecule has 0 fully saturated rings. The van der Waals surface area contributed by atoms with Crippen molar-refractivity contribution in [3.8, 4) is 0 Å². The number of aromatic nitrogens is 2. The highest BCUT2D eigenvalue weighted by atomic mass is 79.9. The van der Waals surface area contributed by atoms with Crippen LogP contribution in [0, 0.1) is 0 Å². The smallest absolute Gasteiger partial charge is 0.330 e. The number of H-pyrrole nitrogens is 1. The zero-order chi connectivity index (χ0) is 26.5. The van der Waals surface area contributed by atoms with Gasteiger partial charge in [-0.15, -0.1) is 0 Å². The van der Waals surface area contributed by atoms with Gasteiger partial charge in [0.05, 0.1) is 5.76 Å². The van der Waals surface area contributed by atoms with Crippen molar-refractivity contribution >= 4 is 32.6 Å². The molecule has 1 heterocycles. The summed E-state index contributed by atoms with van der Waals surface area (Å²) in [6.07, 6.45) is 3.27. The lowest BCUT2D eigenvalue weighted by molar-refractivity contribution is 0.0404. The second-order valence-electron chi connectivity index (χ2n) is 11.7. The fourth-order valence-electron chi connectivity index (χ4n) is 2.62. The number of aromatic amines is 1. The lowest BCUT2D eigenvalue weighted by atomic mass is 10.2. The van der Waals surface area contributed by atoms with Gasteiger partial charge in [-0.1, -0.05) is 57.5 Å². The highest BCUT2D eigenvalue weighted by Gasteiger charge is 2.40. The second kappa shape index (κ2) is 11.9. The van der Waals surface area contributed by atoms with Gasteiger partial charge < -0.3 is 13.6 Å². The Labute approximate surface area is 215 Å². The molecule has 1 atom stereocenters. The van der Waals surface area contributed by atoms with Crippen molar-refractivity contribution < 1.29 is 13.6 Å². The molecule has 0 saturated carbocycles. The zero-order valence-electron chi connectivity index (χ0n) is 22.9. The Morgan fingerprint density at radius 2 is 1.65 bits per heavy atom. The van der Waals surface area contributed by atoms with Crippen molar-refractivity contribution in [1.82, 2.24) is 9.55 Å². The predicted molar refractivity (Wildman–Crippen MR) is 149 cm³/mol. The maximum Gasteiger partial charge on any atom is 0.330 e. The van der Waals surface area contributed by atoms with Crippen LogP contribution >= 0.6 is 15.9 Å². The van der Waals surface area contributed by atoms with Crippen molar-refractivity contribution in [3.63, 3.8) is 0 Å². The molecule has 0 amide bonds. The summed E-state index contributed by atoms with van der Waals surface area (Å²) in [5.74, 6) is 0.752. The highest BCUT2D eigenvalue weighted by molar-refractivity contribution is 9.08.